The van der Waals surface area contributed by atoms with Crippen LogP contribution in [0.5, 0.6) is 0 Å². The number of aliphatic carboxylic acids is 1. The molecule has 220 valence electrons. The van der Waals surface area contributed by atoms with E-state index in [9.17, 15) is 14.7 Å². The molecule has 4 aromatic carbocycles. The Bertz CT molecular complexity index is 1790. The van der Waals surface area contributed by atoms with Gasteiger partial charge in [-0.05, 0) is 71.5 Å². The molecule has 1 aromatic heterocycles. The van der Waals surface area contributed by atoms with Gasteiger partial charge in [-0.25, -0.2) is 0 Å². The maximum Gasteiger partial charge on any atom is 0.313 e. The van der Waals surface area contributed by atoms with E-state index in [1.54, 1.807) is 13.8 Å². The molecular formula is C38H39NO4. The van der Waals surface area contributed by atoms with Crippen LogP contribution in [0.2, 0.25) is 0 Å². The molecule has 0 aliphatic heterocycles. The number of furan rings is 1. The molecule has 0 saturated heterocycles. The summed E-state index contributed by atoms with van der Waals surface area (Å²) in [4.78, 5) is 28.0. The summed E-state index contributed by atoms with van der Waals surface area (Å²) in [5.74, 6) is 0.715. The number of aryl methyl sites for hydroxylation is 1. The molecule has 0 aliphatic carbocycles. The van der Waals surface area contributed by atoms with Crippen LogP contribution in [-0.4, -0.2) is 21.9 Å². The summed E-state index contributed by atoms with van der Waals surface area (Å²) in [6.45, 7) is 12.5. The minimum Gasteiger partial charge on any atom is -0.481 e. The van der Waals surface area contributed by atoms with Crippen molar-refractivity contribution < 1.29 is 19.1 Å². The standard InChI is InChI=1S/C38H39NO4/c1-25-14-17-28-10-7-8-13-32(28)34(25)35(40)39(24-31-20-21-33(43-31)37(2,3)4)23-26-15-18-27(19-16-26)29-11-9-12-30(22-29)38(5,6)36(41)42/h7-22H,23-24H2,1-6H3,(H,41,42). The van der Waals surface area contributed by atoms with Gasteiger partial charge in [0.2, 0.25) is 0 Å². The summed E-state index contributed by atoms with van der Waals surface area (Å²) in [6.07, 6.45) is 0. The van der Waals surface area contributed by atoms with E-state index < -0.39 is 11.4 Å². The minimum absolute atomic E-state index is 0.0457. The quantitative estimate of drug-likeness (QED) is 0.201. The largest absolute Gasteiger partial charge is 0.481 e. The van der Waals surface area contributed by atoms with Crippen LogP contribution in [-0.2, 0) is 28.7 Å². The van der Waals surface area contributed by atoms with E-state index in [4.69, 9.17) is 4.42 Å². The van der Waals surface area contributed by atoms with Gasteiger partial charge in [0.15, 0.2) is 0 Å². The lowest BCUT2D eigenvalue weighted by molar-refractivity contribution is -0.142. The number of hydrogen-bond donors (Lipinski definition) is 1. The van der Waals surface area contributed by atoms with Crippen LogP contribution in [0.4, 0.5) is 0 Å². The molecule has 0 radical (unpaired) electrons. The van der Waals surface area contributed by atoms with Crippen LogP contribution >= 0.6 is 0 Å². The normalized spacial score (nSPS) is 12.0. The van der Waals surface area contributed by atoms with E-state index >= 15 is 0 Å². The number of amides is 1. The van der Waals surface area contributed by atoms with Gasteiger partial charge < -0.3 is 14.4 Å². The molecule has 0 spiro atoms. The van der Waals surface area contributed by atoms with Crippen molar-refractivity contribution in [2.75, 3.05) is 0 Å². The van der Waals surface area contributed by atoms with E-state index in [2.05, 4.69) is 26.8 Å². The van der Waals surface area contributed by atoms with Gasteiger partial charge in [0.25, 0.3) is 5.91 Å². The SMILES string of the molecule is Cc1ccc2ccccc2c1C(=O)N(Cc1ccc(-c2cccc(C(C)(C)C(=O)O)c2)cc1)Cc1ccc(C(C)(C)C)o1. The Morgan fingerprint density at radius 2 is 1.49 bits per heavy atom. The zero-order valence-electron chi connectivity index (χ0n) is 25.8. The Morgan fingerprint density at radius 3 is 2.16 bits per heavy atom. The third-order valence-corrected chi connectivity index (χ3v) is 8.17. The number of carbonyl (C=O) groups is 2. The average Bonchev–Trinajstić information content (AvgIpc) is 3.46. The number of benzene rings is 4. The fraction of sp³-hybridized carbons (Fsp3) is 0.263. The van der Waals surface area contributed by atoms with Gasteiger partial charge in [0.1, 0.15) is 11.5 Å². The Morgan fingerprint density at radius 1 is 0.767 bits per heavy atom. The Labute approximate surface area is 253 Å². The van der Waals surface area contributed by atoms with Crippen molar-refractivity contribution in [3.8, 4) is 11.1 Å². The lowest BCUT2D eigenvalue weighted by atomic mass is 9.83. The van der Waals surface area contributed by atoms with Crippen molar-refractivity contribution >= 4 is 22.6 Å². The van der Waals surface area contributed by atoms with Crippen molar-refractivity contribution in [1.82, 2.24) is 4.90 Å². The molecule has 43 heavy (non-hydrogen) atoms. The van der Waals surface area contributed by atoms with Gasteiger partial charge in [-0.3, -0.25) is 9.59 Å². The predicted octanol–water partition coefficient (Wildman–Crippen LogP) is 8.91. The van der Waals surface area contributed by atoms with Crippen LogP contribution in [0.25, 0.3) is 21.9 Å². The molecule has 0 aliphatic rings. The fourth-order valence-corrected chi connectivity index (χ4v) is 5.31. The molecule has 5 heteroatoms. The predicted molar refractivity (Wildman–Crippen MR) is 172 cm³/mol. The molecule has 5 aromatic rings. The highest BCUT2D eigenvalue weighted by Crippen LogP contribution is 2.30. The third-order valence-electron chi connectivity index (χ3n) is 8.17. The van der Waals surface area contributed by atoms with Crippen molar-refractivity contribution in [3.05, 3.63) is 131 Å². The fourth-order valence-electron chi connectivity index (χ4n) is 5.31. The van der Waals surface area contributed by atoms with Crippen molar-refractivity contribution in [1.29, 1.82) is 0 Å². The van der Waals surface area contributed by atoms with Crippen LogP contribution in [0, 0.1) is 6.92 Å². The molecule has 1 N–H and O–H groups in total. The number of carboxylic acid groups (broad SMARTS) is 1. The Kier molecular flexibility index (Phi) is 8.02. The molecular weight excluding hydrogens is 534 g/mol. The summed E-state index contributed by atoms with van der Waals surface area (Å²) in [6, 6.07) is 31.8. The summed E-state index contributed by atoms with van der Waals surface area (Å²) in [5, 5.41) is 11.7. The third kappa shape index (κ3) is 6.26. The topological polar surface area (TPSA) is 70.8 Å². The zero-order chi connectivity index (χ0) is 30.9. The Hall–Kier alpha value is -4.64. The summed E-state index contributed by atoms with van der Waals surface area (Å²) in [5.41, 5.74) is 4.18. The zero-order valence-corrected chi connectivity index (χ0v) is 25.8. The van der Waals surface area contributed by atoms with Crippen molar-refractivity contribution in [2.24, 2.45) is 0 Å². The molecule has 0 atom stereocenters. The van der Waals surface area contributed by atoms with E-state index in [1.165, 1.54) is 0 Å². The van der Waals surface area contributed by atoms with Crippen molar-refractivity contribution in [3.63, 3.8) is 0 Å². The highest BCUT2D eigenvalue weighted by molar-refractivity contribution is 6.08. The van der Waals surface area contributed by atoms with Crippen molar-refractivity contribution in [2.45, 2.75) is 65.5 Å². The first-order valence-corrected chi connectivity index (χ1v) is 14.6. The molecule has 0 unspecified atom stereocenters. The van der Waals surface area contributed by atoms with Gasteiger partial charge in [-0.15, -0.1) is 0 Å². The molecule has 1 amide bonds. The summed E-state index contributed by atoms with van der Waals surface area (Å²) in [7, 11) is 0. The highest BCUT2D eigenvalue weighted by atomic mass is 16.4. The lowest BCUT2D eigenvalue weighted by Gasteiger charge is -2.24. The first-order valence-electron chi connectivity index (χ1n) is 14.6. The minimum atomic E-state index is -0.991. The maximum atomic E-state index is 14.3. The van der Waals surface area contributed by atoms with Crippen LogP contribution in [0.15, 0.2) is 101 Å². The van der Waals surface area contributed by atoms with E-state index in [0.717, 1.165) is 50.1 Å². The van der Waals surface area contributed by atoms with Gasteiger partial charge in [0, 0.05) is 12.0 Å². The van der Waals surface area contributed by atoms with Crippen LogP contribution < -0.4 is 0 Å². The van der Waals surface area contributed by atoms with Crippen LogP contribution in [0.3, 0.4) is 0 Å². The maximum absolute atomic E-state index is 14.3. The average molecular weight is 574 g/mol. The smallest absolute Gasteiger partial charge is 0.313 e. The van der Waals surface area contributed by atoms with Crippen LogP contribution in [0.1, 0.15) is 73.2 Å². The van der Waals surface area contributed by atoms with E-state index in [0.29, 0.717) is 18.7 Å². The van der Waals surface area contributed by atoms with Gasteiger partial charge in [-0.1, -0.05) is 106 Å². The lowest BCUT2D eigenvalue weighted by Crippen LogP contribution is -2.30. The number of nitrogens with zero attached hydrogens (tertiary/aromatic N) is 1. The first-order chi connectivity index (χ1) is 20.3. The van der Waals surface area contributed by atoms with Gasteiger partial charge >= 0.3 is 5.97 Å². The highest BCUT2D eigenvalue weighted by Gasteiger charge is 2.29. The molecule has 0 bridgehead atoms. The number of fused-ring (bicyclic) bond motifs is 1. The molecule has 5 nitrogen and oxygen atoms in total. The monoisotopic (exact) mass is 573 g/mol. The van der Waals surface area contributed by atoms with Gasteiger partial charge in [0.05, 0.1) is 17.5 Å². The molecule has 5 rings (SSSR count). The molecule has 0 fully saturated rings. The number of carboxylic acids is 1. The number of carbonyl (C=O) groups excluding carboxylic acids is 1. The number of rotatable bonds is 8. The Balaban J connectivity index is 1.48. The molecule has 1 heterocycles. The first kappa shape index (κ1) is 29.8. The van der Waals surface area contributed by atoms with Gasteiger partial charge in [-0.2, -0.15) is 0 Å². The number of hydrogen-bond acceptors (Lipinski definition) is 3. The van der Waals surface area contributed by atoms with E-state index in [1.807, 2.05) is 103 Å². The summed E-state index contributed by atoms with van der Waals surface area (Å²) >= 11 is 0. The molecule has 0 saturated carbocycles. The summed E-state index contributed by atoms with van der Waals surface area (Å²) < 4.78 is 6.22. The second-order valence-electron chi connectivity index (χ2n) is 12.9. The second-order valence-corrected chi connectivity index (χ2v) is 12.9. The van der Waals surface area contributed by atoms with E-state index in [-0.39, 0.29) is 11.3 Å². The second kappa shape index (κ2) is 11.6.